The van der Waals surface area contributed by atoms with Crippen LogP contribution in [-0.4, -0.2) is 48.4 Å². The van der Waals surface area contributed by atoms with E-state index in [0.717, 1.165) is 24.0 Å². The van der Waals surface area contributed by atoms with Gasteiger partial charge in [0.05, 0.1) is 12.6 Å². The molecule has 4 nitrogen and oxygen atoms in total. The topological polar surface area (TPSA) is 49.6 Å². The molecule has 0 spiro atoms. The third-order valence-electron chi connectivity index (χ3n) is 3.98. The van der Waals surface area contributed by atoms with Crippen molar-refractivity contribution in [1.82, 2.24) is 9.80 Å². The minimum Gasteiger partial charge on any atom is -0.343 e. The number of carbonyl (C=O) groups is 1. The molecular weight excluding hydrogens is 318 g/mol. The largest absolute Gasteiger partial charge is 0.343 e. The number of nitrogens with two attached hydrogens (primary N) is 1. The van der Waals surface area contributed by atoms with Gasteiger partial charge in [-0.2, -0.15) is 0 Å². The predicted octanol–water partition coefficient (Wildman–Crippen LogP) is 2.00. The molecule has 0 radical (unpaired) electrons. The summed E-state index contributed by atoms with van der Waals surface area (Å²) in [7, 11) is 1.85. The highest BCUT2D eigenvalue weighted by Crippen LogP contribution is 2.31. The van der Waals surface area contributed by atoms with Gasteiger partial charge >= 0.3 is 0 Å². The zero-order chi connectivity index (χ0) is 14.7. The van der Waals surface area contributed by atoms with Crippen LogP contribution in [0.1, 0.15) is 24.9 Å². The summed E-state index contributed by atoms with van der Waals surface area (Å²) in [5.74, 6) is 0.164. The Morgan fingerprint density at radius 1 is 1.35 bits per heavy atom. The van der Waals surface area contributed by atoms with E-state index in [1.807, 2.05) is 25.2 Å². The van der Waals surface area contributed by atoms with E-state index in [-0.39, 0.29) is 18.0 Å². The van der Waals surface area contributed by atoms with Crippen molar-refractivity contribution < 1.29 is 4.79 Å². The number of piperazine rings is 1. The van der Waals surface area contributed by atoms with E-state index in [2.05, 4.69) is 33.8 Å². The Kier molecular flexibility index (Phi) is 5.18. The van der Waals surface area contributed by atoms with Crippen LogP contribution in [0, 0.1) is 0 Å². The highest BCUT2D eigenvalue weighted by atomic mass is 79.9. The van der Waals surface area contributed by atoms with E-state index in [1.54, 1.807) is 4.90 Å². The third kappa shape index (κ3) is 3.22. The molecule has 110 valence electrons. The van der Waals surface area contributed by atoms with Crippen molar-refractivity contribution in [2.45, 2.75) is 25.4 Å². The quantitative estimate of drug-likeness (QED) is 0.912. The summed E-state index contributed by atoms with van der Waals surface area (Å²) in [5.41, 5.74) is 7.51. The second-order valence-electron chi connectivity index (χ2n) is 5.32. The Morgan fingerprint density at radius 2 is 2.05 bits per heavy atom. The average Bonchev–Trinajstić information content (AvgIpc) is 2.44. The molecule has 1 amide bonds. The maximum absolute atomic E-state index is 12.0. The van der Waals surface area contributed by atoms with Gasteiger partial charge in [0, 0.05) is 30.7 Å². The fraction of sp³-hybridized carbons (Fsp3) is 0.533. The molecule has 20 heavy (non-hydrogen) atoms. The van der Waals surface area contributed by atoms with Crippen LogP contribution >= 0.6 is 15.9 Å². The lowest BCUT2D eigenvalue weighted by atomic mass is 9.95. The molecule has 0 aromatic heterocycles. The fourth-order valence-corrected chi connectivity index (χ4v) is 3.17. The Morgan fingerprint density at radius 3 is 2.65 bits per heavy atom. The summed E-state index contributed by atoms with van der Waals surface area (Å²) in [5, 5.41) is 0. The number of nitrogens with zero attached hydrogens (tertiary/aromatic N) is 2. The van der Waals surface area contributed by atoms with Crippen molar-refractivity contribution in [3.8, 4) is 0 Å². The maximum atomic E-state index is 12.0. The Labute approximate surface area is 129 Å². The highest BCUT2D eigenvalue weighted by Gasteiger charge is 2.32. The number of rotatable bonds is 4. The van der Waals surface area contributed by atoms with Crippen molar-refractivity contribution in [2.75, 3.05) is 26.7 Å². The number of hydrogen-bond donors (Lipinski definition) is 1. The molecule has 2 rings (SSSR count). The molecule has 1 saturated heterocycles. The first-order valence-corrected chi connectivity index (χ1v) is 7.82. The van der Waals surface area contributed by atoms with Gasteiger partial charge in [-0.25, -0.2) is 0 Å². The summed E-state index contributed by atoms with van der Waals surface area (Å²) in [4.78, 5) is 16.0. The monoisotopic (exact) mass is 339 g/mol. The molecule has 1 aromatic carbocycles. The first kappa shape index (κ1) is 15.5. The molecule has 1 fully saturated rings. The number of benzene rings is 1. The summed E-state index contributed by atoms with van der Waals surface area (Å²) >= 11 is 3.61. The first-order chi connectivity index (χ1) is 9.54. The van der Waals surface area contributed by atoms with Crippen LogP contribution in [0.4, 0.5) is 0 Å². The van der Waals surface area contributed by atoms with E-state index >= 15 is 0 Å². The van der Waals surface area contributed by atoms with Crippen molar-refractivity contribution in [1.29, 1.82) is 0 Å². The normalized spacial score (nSPS) is 20.0. The summed E-state index contributed by atoms with van der Waals surface area (Å²) in [6, 6.07) is 8.23. The summed E-state index contributed by atoms with van der Waals surface area (Å²) in [6.07, 6.45) is 0.881. The Bertz CT molecular complexity index is 480. The number of amides is 1. The van der Waals surface area contributed by atoms with Gasteiger partial charge in [0.2, 0.25) is 5.91 Å². The van der Waals surface area contributed by atoms with Crippen LogP contribution in [0.5, 0.6) is 0 Å². The van der Waals surface area contributed by atoms with E-state index in [9.17, 15) is 4.79 Å². The Hall–Kier alpha value is -0.910. The number of carbonyl (C=O) groups excluding carboxylic acids is 1. The lowest BCUT2D eigenvalue weighted by Crippen LogP contribution is -2.53. The standard InChI is InChI=1S/C15H22BrN3O/c1-3-13(17)15(11-6-4-5-7-12(11)16)19-9-8-18(2)14(20)10-19/h4-7,13,15H,3,8-10,17H2,1-2H3. The molecule has 0 bridgehead atoms. The smallest absolute Gasteiger partial charge is 0.236 e. The van der Waals surface area contributed by atoms with Gasteiger partial charge in [0.1, 0.15) is 0 Å². The molecule has 5 heteroatoms. The molecule has 2 unspecified atom stereocenters. The van der Waals surface area contributed by atoms with E-state index in [0.29, 0.717) is 6.54 Å². The molecule has 0 saturated carbocycles. The molecule has 1 aliphatic heterocycles. The highest BCUT2D eigenvalue weighted by molar-refractivity contribution is 9.10. The van der Waals surface area contributed by atoms with Crippen LogP contribution in [0.25, 0.3) is 0 Å². The Balaban J connectivity index is 2.29. The molecule has 2 N–H and O–H groups in total. The van der Waals surface area contributed by atoms with Crippen molar-refractivity contribution in [2.24, 2.45) is 5.73 Å². The molecular formula is C15H22BrN3O. The second-order valence-corrected chi connectivity index (χ2v) is 6.18. The SMILES string of the molecule is CCC(N)C(c1ccccc1Br)N1CCN(C)C(=O)C1. The number of hydrogen-bond acceptors (Lipinski definition) is 3. The van der Waals surface area contributed by atoms with Crippen LogP contribution < -0.4 is 5.73 Å². The zero-order valence-corrected chi connectivity index (χ0v) is 13.6. The van der Waals surface area contributed by atoms with Crippen LogP contribution in [-0.2, 0) is 4.79 Å². The zero-order valence-electron chi connectivity index (χ0n) is 12.1. The first-order valence-electron chi connectivity index (χ1n) is 7.02. The molecule has 1 aliphatic rings. The lowest BCUT2D eigenvalue weighted by molar-refractivity contribution is -0.135. The van der Waals surface area contributed by atoms with Crippen LogP contribution in [0.2, 0.25) is 0 Å². The lowest BCUT2D eigenvalue weighted by Gasteiger charge is -2.40. The molecule has 1 aromatic rings. The van der Waals surface area contributed by atoms with Gasteiger partial charge in [-0.15, -0.1) is 0 Å². The number of halogens is 1. The minimum absolute atomic E-state index is 0.0184. The van der Waals surface area contributed by atoms with Gasteiger partial charge in [0.25, 0.3) is 0 Å². The van der Waals surface area contributed by atoms with E-state index in [4.69, 9.17) is 5.73 Å². The van der Waals surface area contributed by atoms with Crippen LogP contribution in [0.15, 0.2) is 28.7 Å². The fourth-order valence-electron chi connectivity index (χ4n) is 2.65. The van der Waals surface area contributed by atoms with Gasteiger partial charge in [-0.1, -0.05) is 41.1 Å². The van der Waals surface area contributed by atoms with Crippen molar-refractivity contribution in [3.63, 3.8) is 0 Å². The summed E-state index contributed by atoms with van der Waals surface area (Å²) in [6.45, 7) is 4.15. The maximum Gasteiger partial charge on any atom is 0.236 e. The third-order valence-corrected chi connectivity index (χ3v) is 4.70. The second kappa shape index (κ2) is 6.70. The van der Waals surface area contributed by atoms with Gasteiger partial charge in [-0.3, -0.25) is 9.69 Å². The van der Waals surface area contributed by atoms with Crippen molar-refractivity contribution >= 4 is 21.8 Å². The molecule has 1 heterocycles. The van der Waals surface area contributed by atoms with Crippen molar-refractivity contribution in [3.05, 3.63) is 34.3 Å². The minimum atomic E-state index is 0.0184. The van der Waals surface area contributed by atoms with Gasteiger partial charge in [0.15, 0.2) is 0 Å². The predicted molar refractivity (Wildman–Crippen MR) is 84.4 cm³/mol. The average molecular weight is 340 g/mol. The summed E-state index contributed by atoms with van der Waals surface area (Å²) < 4.78 is 1.06. The number of likely N-dealkylation sites (N-methyl/N-ethyl adjacent to an activating group) is 1. The van der Waals surface area contributed by atoms with Gasteiger partial charge < -0.3 is 10.6 Å². The van der Waals surface area contributed by atoms with E-state index < -0.39 is 0 Å². The van der Waals surface area contributed by atoms with E-state index in [1.165, 1.54) is 5.56 Å². The van der Waals surface area contributed by atoms with Crippen LogP contribution in [0.3, 0.4) is 0 Å². The molecule has 0 aliphatic carbocycles. The molecule has 2 atom stereocenters. The van der Waals surface area contributed by atoms with Gasteiger partial charge in [-0.05, 0) is 18.1 Å².